The minimum atomic E-state index is -2.70. The van der Waals surface area contributed by atoms with Crippen LogP contribution >= 0.6 is 0 Å². The molecule has 9 heterocycles. The van der Waals surface area contributed by atoms with Gasteiger partial charge in [-0.3, -0.25) is 28.8 Å². The van der Waals surface area contributed by atoms with Gasteiger partial charge < -0.3 is 224 Å². The third-order valence-electron chi connectivity index (χ3n) is 25.0. The van der Waals surface area contributed by atoms with E-state index in [1.165, 1.54) is 0 Å². The molecule has 45 atom stereocenters. The highest BCUT2D eigenvalue weighted by atomic mass is 16.8. The lowest BCUT2D eigenvalue weighted by molar-refractivity contribution is -0.408. The van der Waals surface area contributed by atoms with Gasteiger partial charge in [-0.15, -0.1) is 0 Å². The first-order valence-corrected chi connectivity index (χ1v) is 45.6. The SMILES string of the molecule is CC(=O)N[C@@H]1[C@@H](O)[C@H](O[C@@H]2O[C@H](COCc3ccccc3)[C@@H](O[C@@H]3O[C@H](CO[C@H]4O[C@H](CO[C@@H]5O[C@H](CO)[C@@H](O)[C@H](O)[C@H]5NC(C)=O)[C@@H](O)[C@H](O)[C@@H]4O[C@@H]4O[C@H](CO)[C@@H](O)[C@H](O)[C@H]4NC(C)=O)[C@@H](O[C@@H]4O[C@H](CO)[C@@H](O)[C@H](O)[C@H]4NC(C)=O)[C@H](O[C@H]4O[C@H](CO)[C@@H](O)[C@H](O)[C@@H]4O[C@@H]4O[C@H](CO)[C@@H](O)[C@H](O)[C@H]4NC(C)=O)[C@@H]3O)[C@H](OCc3ccccc3)[C@H]2NC(C)=O)[C@@H](COCc2ccccc2)O[C@H]1N=[N+]=[N-]. The quantitative estimate of drug-likeness (QED) is 0.0142. The summed E-state index contributed by atoms with van der Waals surface area (Å²) >= 11 is 0. The van der Waals surface area contributed by atoms with E-state index in [1.807, 2.05) is 0 Å². The average molecular weight is 2020 g/mol. The highest BCUT2D eigenvalue weighted by Crippen LogP contribution is 2.42. The van der Waals surface area contributed by atoms with Crippen molar-refractivity contribution in [2.24, 2.45) is 5.11 Å². The lowest BCUT2D eigenvalue weighted by atomic mass is 9.93. The fraction of sp³-hybridized carbons (Fsp3) is 0.724. The molecule has 25 N–H and O–H groups in total. The van der Waals surface area contributed by atoms with E-state index in [1.54, 1.807) is 91.0 Å². The van der Waals surface area contributed by atoms with E-state index >= 15 is 0 Å². The van der Waals surface area contributed by atoms with E-state index < -0.39 is 377 Å². The van der Waals surface area contributed by atoms with E-state index in [9.17, 15) is 131 Å². The molecule has 54 nitrogen and oxygen atoms in total. The molecule has 0 saturated carbocycles. The number of carbonyl (C=O) groups is 6. The van der Waals surface area contributed by atoms with Crippen LogP contribution < -0.4 is 31.9 Å². The summed E-state index contributed by atoms with van der Waals surface area (Å²) in [4.78, 5) is 82.6. The third kappa shape index (κ3) is 27.8. The largest absolute Gasteiger partial charge is 0.394 e. The monoisotopic (exact) mass is 2020 g/mol. The molecule has 12 rings (SSSR count). The van der Waals surface area contributed by atoms with Gasteiger partial charge in [0, 0.05) is 46.5 Å². The summed E-state index contributed by atoms with van der Waals surface area (Å²) in [5.41, 5.74) is 11.5. The Balaban J connectivity index is 1.05. The van der Waals surface area contributed by atoms with Crippen LogP contribution in [-0.4, -0.2) is 468 Å². The fourth-order valence-electron chi connectivity index (χ4n) is 18.0. The number of hydrogen-bond acceptors (Lipinski definition) is 46. The van der Waals surface area contributed by atoms with Crippen molar-refractivity contribution in [2.75, 3.05) is 59.5 Å². The molecule has 6 amide bonds. The van der Waals surface area contributed by atoms with Crippen molar-refractivity contribution < 1.29 is 221 Å². The second-order valence-corrected chi connectivity index (χ2v) is 35.3. The van der Waals surface area contributed by atoms with E-state index in [0.717, 1.165) is 41.5 Å². The summed E-state index contributed by atoms with van der Waals surface area (Å²) < 4.78 is 130. The number of nitrogens with one attached hydrogen (secondary N) is 6. The van der Waals surface area contributed by atoms with Gasteiger partial charge in [0.15, 0.2) is 56.5 Å². The lowest BCUT2D eigenvalue weighted by Crippen LogP contribution is -2.72. The predicted molar refractivity (Wildman–Crippen MR) is 461 cm³/mol. The Kier molecular flexibility index (Phi) is 41.3. The van der Waals surface area contributed by atoms with E-state index in [0.29, 0.717) is 16.7 Å². The summed E-state index contributed by atoms with van der Waals surface area (Å²) in [5, 5.41) is 240. The van der Waals surface area contributed by atoms with Crippen molar-refractivity contribution in [3.05, 3.63) is 118 Å². The van der Waals surface area contributed by atoms with Crippen LogP contribution in [0.15, 0.2) is 96.1 Å². The molecule has 3 aromatic carbocycles. The summed E-state index contributed by atoms with van der Waals surface area (Å²) in [6, 6.07) is 14.5. The van der Waals surface area contributed by atoms with Crippen molar-refractivity contribution in [1.29, 1.82) is 0 Å². The van der Waals surface area contributed by atoms with Crippen LogP contribution in [0.5, 0.6) is 0 Å². The van der Waals surface area contributed by atoms with Crippen molar-refractivity contribution >= 4 is 35.4 Å². The molecule has 790 valence electrons. The number of aliphatic hydroxyl groups excluding tert-OH is 19. The molecule has 0 aliphatic carbocycles. The predicted octanol–water partition coefficient (Wildman–Crippen LogP) is -11.8. The van der Waals surface area contributed by atoms with Crippen LogP contribution in [0.2, 0.25) is 0 Å². The second-order valence-electron chi connectivity index (χ2n) is 35.3. The number of nitrogens with zero attached hydrogens (tertiary/aromatic N) is 3. The number of rotatable bonds is 41. The molecule has 9 fully saturated rings. The summed E-state index contributed by atoms with van der Waals surface area (Å²) in [6.45, 7) is -3.70. The Labute approximate surface area is 804 Å². The van der Waals surface area contributed by atoms with Crippen LogP contribution in [0.1, 0.15) is 58.2 Å². The van der Waals surface area contributed by atoms with Crippen molar-refractivity contribution in [3.8, 4) is 0 Å². The maximum absolute atomic E-state index is 14.3. The first-order chi connectivity index (χ1) is 67.4. The van der Waals surface area contributed by atoms with Gasteiger partial charge in [-0.25, -0.2) is 0 Å². The molecule has 9 aliphatic rings. The standard InChI is InChI=1S/C87H127N9O45/c1-34(102)89-52-68(118)72(49(127-79(52)95-96-88)30-122-27-40-16-10-7-11-17-40)136-84-57(94-39(6)107)75(124-29-42-20-14-9-15-21-42)73(50(134-84)31-123-28-41-18-12-8-13-19-41)138-85-71(121)76(139-87-78(69(119)62(112)47(26-101)132-87)141-83-56(93-38(5)106)67(117)61(111)46(25-100)131-83)74(137-81-54(91-36(3)104)65(115)59(109)44(23-98)129-81)51(135-85)33-126-86-77(140-82-55(92-37(4)105)66(116)60(110)45(24-99)130-82)70(120)63(113)48(133-86)32-125-80-53(90-35(2)103)64(114)58(108)43(22-97)128-80/h7-21,43-87,97-101,108-121H,22-33H2,1-6H3,(H,89,102)(H,90,103)(H,91,104)(H,92,105)(H,93,106)(H,94,107)/t43-,44-,45-,46-,47-,48-,49-,50-,51-,52-,53-,54-,55-,56-,57-,58-,59-,60-,61-,62-,63-,64-,65-,66-,67-,68-,69+,70+,71+,72-,73-,74-,75-,76-,77+,78+,79-,80-,81+,82+,83+,84+,85+,86+,87-/m1/s1. The van der Waals surface area contributed by atoms with Gasteiger partial charge in [-0.1, -0.05) is 96.1 Å². The summed E-state index contributed by atoms with van der Waals surface area (Å²) in [6.07, 6.45) is -82.2. The van der Waals surface area contributed by atoms with E-state index in [-0.39, 0.29) is 13.2 Å². The number of hydrogen-bond donors (Lipinski definition) is 25. The number of ether oxygens (including phenoxy) is 20. The molecular weight excluding hydrogens is 1890 g/mol. The topological polar surface area (TPSA) is 792 Å². The van der Waals surface area contributed by atoms with Gasteiger partial charge in [0.25, 0.3) is 0 Å². The number of amides is 6. The maximum Gasteiger partial charge on any atom is 0.217 e. The lowest BCUT2D eigenvalue weighted by Gasteiger charge is -2.53. The Morgan fingerprint density at radius 3 is 0.993 bits per heavy atom. The van der Waals surface area contributed by atoms with Gasteiger partial charge in [0.1, 0.15) is 213 Å². The van der Waals surface area contributed by atoms with Crippen LogP contribution in [0.3, 0.4) is 0 Å². The molecule has 0 spiro atoms. The summed E-state index contributed by atoms with van der Waals surface area (Å²) in [7, 11) is 0. The molecule has 0 radical (unpaired) electrons. The first kappa shape index (κ1) is 112. The molecule has 0 unspecified atom stereocenters. The van der Waals surface area contributed by atoms with Gasteiger partial charge in [-0.2, -0.15) is 0 Å². The van der Waals surface area contributed by atoms with Gasteiger partial charge in [0.2, 0.25) is 35.4 Å². The first-order valence-electron chi connectivity index (χ1n) is 45.6. The molecular formula is C87H127N9O45. The average Bonchev–Trinajstić information content (AvgIpc) is 0.751. The number of carbonyl (C=O) groups excluding carboxylic acids is 6. The van der Waals surface area contributed by atoms with Gasteiger partial charge >= 0.3 is 0 Å². The highest BCUT2D eigenvalue weighted by Gasteiger charge is 2.62. The zero-order valence-corrected chi connectivity index (χ0v) is 77.1. The maximum atomic E-state index is 14.3. The molecule has 54 heteroatoms. The molecule has 3 aromatic rings. The minimum absolute atomic E-state index is 0.0874. The minimum Gasteiger partial charge on any atom is -0.394 e. The van der Waals surface area contributed by atoms with Crippen molar-refractivity contribution in [2.45, 2.75) is 337 Å². The molecule has 9 aliphatic heterocycles. The summed E-state index contributed by atoms with van der Waals surface area (Å²) in [5.74, 6) is -5.23. The molecule has 0 aromatic heterocycles. The second kappa shape index (κ2) is 52.0. The fourth-order valence-corrected chi connectivity index (χ4v) is 18.0. The zero-order chi connectivity index (χ0) is 102. The van der Waals surface area contributed by atoms with E-state index in [2.05, 4.69) is 41.9 Å². The van der Waals surface area contributed by atoms with Crippen LogP contribution in [0, 0.1) is 0 Å². The van der Waals surface area contributed by atoms with Crippen molar-refractivity contribution in [1.82, 2.24) is 31.9 Å². The Morgan fingerprint density at radius 2 is 0.567 bits per heavy atom. The smallest absolute Gasteiger partial charge is 0.217 e. The highest BCUT2D eigenvalue weighted by molar-refractivity contribution is 5.75. The zero-order valence-electron chi connectivity index (χ0n) is 77.1. The Morgan fingerprint density at radius 1 is 0.277 bits per heavy atom. The van der Waals surface area contributed by atoms with Crippen LogP contribution in [-0.2, 0) is 143 Å². The number of aliphatic hydroxyl groups is 19. The van der Waals surface area contributed by atoms with Gasteiger partial charge in [0.05, 0.1) is 85.3 Å². The van der Waals surface area contributed by atoms with Crippen molar-refractivity contribution in [3.63, 3.8) is 0 Å². The number of benzene rings is 3. The Hall–Kier alpha value is -7.77. The van der Waals surface area contributed by atoms with Gasteiger partial charge in [-0.05, 0) is 22.2 Å². The normalized spacial score (nSPS) is 41.0. The molecule has 0 bridgehead atoms. The molecule has 9 saturated heterocycles. The number of azide groups is 1. The van der Waals surface area contributed by atoms with Crippen LogP contribution in [0.25, 0.3) is 10.4 Å². The van der Waals surface area contributed by atoms with Crippen LogP contribution in [0.4, 0.5) is 0 Å². The Bertz CT molecular complexity index is 4470. The molecule has 141 heavy (non-hydrogen) atoms. The van der Waals surface area contributed by atoms with E-state index in [4.69, 9.17) is 94.7 Å². The third-order valence-corrected chi connectivity index (χ3v) is 25.0.